The number of phenols is 1. The van der Waals surface area contributed by atoms with Crippen LogP contribution < -0.4 is 15.5 Å². The van der Waals surface area contributed by atoms with Crippen LogP contribution in [0.4, 0.5) is 5.69 Å². The lowest BCUT2D eigenvalue weighted by Gasteiger charge is -2.55. The number of amides is 2. The molecule has 3 N–H and O–H groups in total. The fourth-order valence-electron chi connectivity index (χ4n) is 6.89. The normalized spacial score (nSPS) is 28.9. The Bertz CT molecular complexity index is 1130. The fourth-order valence-corrected chi connectivity index (χ4v) is 6.89. The number of nitrogens with zero attached hydrogens (tertiary/aromatic N) is 2. The van der Waals surface area contributed by atoms with Gasteiger partial charge in [-0.05, 0) is 60.1 Å². The molecule has 0 radical (unpaired) electrons. The van der Waals surface area contributed by atoms with Gasteiger partial charge in [-0.15, -0.1) is 0 Å². The number of carbonyl (C=O) groups excluding carboxylic acids is 2. The molecule has 2 amide bonds. The SMILES string of the molecule is CC(C)C[C@@H]1[C@@H]2[C@@H]3C(=O)N[C@@]1(C(=O)NCc1cccc(O)c1)C[C@@H]3CN2Cc1ccc(N(C)C)cc1. The van der Waals surface area contributed by atoms with Gasteiger partial charge in [0.2, 0.25) is 11.8 Å². The molecule has 7 heteroatoms. The Morgan fingerprint density at radius 3 is 2.61 bits per heavy atom. The van der Waals surface area contributed by atoms with Crippen LogP contribution >= 0.6 is 0 Å². The molecule has 1 aliphatic carbocycles. The molecular formula is C29H38N4O3. The van der Waals surface area contributed by atoms with Gasteiger partial charge in [0.25, 0.3) is 0 Å². The Hall–Kier alpha value is -3.06. The Balaban J connectivity index is 1.41. The lowest BCUT2D eigenvalue weighted by atomic mass is 9.57. The minimum absolute atomic E-state index is 0.0224. The number of carbonyl (C=O) groups is 2. The largest absolute Gasteiger partial charge is 0.508 e. The van der Waals surface area contributed by atoms with E-state index in [1.54, 1.807) is 18.2 Å². The number of aromatic hydroxyl groups is 1. The van der Waals surface area contributed by atoms with E-state index in [0.717, 1.165) is 30.8 Å². The first-order chi connectivity index (χ1) is 17.2. The molecule has 0 unspecified atom stereocenters. The van der Waals surface area contributed by atoms with Crippen molar-refractivity contribution in [1.82, 2.24) is 15.5 Å². The Kier molecular flexibility index (Phi) is 6.45. The van der Waals surface area contributed by atoms with E-state index >= 15 is 0 Å². The molecule has 4 bridgehead atoms. The highest BCUT2D eigenvalue weighted by Gasteiger charge is 2.67. The molecule has 0 aromatic heterocycles. The molecule has 2 aromatic rings. The molecule has 192 valence electrons. The van der Waals surface area contributed by atoms with Crippen molar-refractivity contribution in [3.8, 4) is 5.75 Å². The van der Waals surface area contributed by atoms with E-state index in [-0.39, 0.29) is 41.4 Å². The van der Waals surface area contributed by atoms with Gasteiger partial charge < -0.3 is 20.6 Å². The maximum absolute atomic E-state index is 13.8. The summed E-state index contributed by atoms with van der Waals surface area (Å²) in [6, 6.07) is 15.6. The zero-order chi connectivity index (χ0) is 25.6. The molecule has 7 nitrogen and oxygen atoms in total. The van der Waals surface area contributed by atoms with Gasteiger partial charge in [0.15, 0.2) is 0 Å². The van der Waals surface area contributed by atoms with Crippen LogP contribution in [-0.4, -0.2) is 54.0 Å². The van der Waals surface area contributed by atoms with Crippen LogP contribution in [0, 0.1) is 23.7 Å². The number of phenolic OH excluding ortho intramolecular Hbond substituents is 1. The van der Waals surface area contributed by atoms with Gasteiger partial charge in [0.05, 0.1) is 5.92 Å². The van der Waals surface area contributed by atoms with Crippen molar-refractivity contribution in [2.45, 2.75) is 51.4 Å². The summed E-state index contributed by atoms with van der Waals surface area (Å²) in [5.74, 6) is 0.669. The minimum atomic E-state index is -0.897. The molecule has 1 saturated carbocycles. The maximum atomic E-state index is 13.8. The van der Waals surface area contributed by atoms with Gasteiger partial charge in [-0.2, -0.15) is 0 Å². The summed E-state index contributed by atoms with van der Waals surface area (Å²) in [5, 5.41) is 16.1. The van der Waals surface area contributed by atoms with E-state index < -0.39 is 5.54 Å². The monoisotopic (exact) mass is 490 g/mol. The molecule has 5 atom stereocenters. The lowest BCUT2D eigenvalue weighted by molar-refractivity contribution is -0.155. The van der Waals surface area contributed by atoms with Crippen LogP contribution in [0.1, 0.15) is 37.8 Å². The highest BCUT2D eigenvalue weighted by molar-refractivity contribution is 5.96. The number of rotatable bonds is 8. The average molecular weight is 491 g/mol. The molecule has 6 rings (SSSR count). The Labute approximate surface area is 213 Å². The van der Waals surface area contributed by atoms with E-state index in [1.165, 1.54) is 5.56 Å². The van der Waals surface area contributed by atoms with Crippen LogP contribution in [-0.2, 0) is 22.7 Å². The van der Waals surface area contributed by atoms with Gasteiger partial charge in [0, 0.05) is 51.4 Å². The number of benzene rings is 2. The third kappa shape index (κ3) is 4.34. The first-order valence-electron chi connectivity index (χ1n) is 13.1. The summed E-state index contributed by atoms with van der Waals surface area (Å²) in [7, 11) is 4.07. The van der Waals surface area contributed by atoms with Crippen molar-refractivity contribution in [1.29, 1.82) is 0 Å². The van der Waals surface area contributed by atoms with Crippen LogP contribution in [0.5, 0.6) is 5.75 Å². The van der Waals surface area contributed by atoms with Gasteiger partial charge in [-0.3, -0.25) is 14.5 Å². The zero-order valence-corrected chi connectivity index (χ0v) is 21.7. The average Bonchev–Trinajstić information content (AvgIpc) is 3.13. The predicted octanol–water partition coefficient (Wildman–Crippen LogP) is 3.13. The maximum Gasteiger partial charge on any atom is 0.246 e. The first kappa shape index (κ1) is 24.6. The van der Waals surface area contributed by atoms with Crippen molar-refractivity contribution >= 4 is 17.5 Å². The molecular weight excluding hydrogens is 452 g/mol. The molecule has 2 aromatic carbocycles. The molecule has 36 heavy (non-hydrogen) atoms. The van der Waals surface area contributed by atoms with Gasteiger partial charge >= 0.3 is 0 Å². The lowest BCUT2D eigenvalue weighted by Crippen LogP contribution is -2.75. The molecule has 4 fully saturated rings. The quantitative estimate of drug-likeness (QED) is 0.530. The summed E-state index contributed by atoms with van der Waals surface area (Å²) in [4.78, 5) is 31.7. The number of fused-ring (bicyclic) bond motifs is 1. The number of hydrogen-bond donors (Lipinski definition) is 3. The van der Waals surface area contributed by atoms with Crippen molar-refractivity contribution < 1.29 is 14.7 Å². The van der Waals surface area contributed by atoms with E-state index in [4.69, 9.17) is 0 Å². The molecule has 0 spiro atoms. The molecule has 4 aliphatic rings. The van der Waals surface area contributed by atoms with Crippen LogP contribution in [0.3, 0.4) is 0 Å². The molecule has 3 saturated heterocycles. The van der Waals surface area contributed by atoms with Crippen molar-refractivity contribution in [3.05, 3.63) is 59.7 Å². The van der Waals surface area contributed by atoms with Crippen molar-refractivity contribution in [2.75, 3.05) is 25.5 Å². The number of anilines is 1. The molecule has 3 heterocycles. The van der Waals surface area contributed by atoms with E-state index in [0.29, 0.717) is 18.9 Å². The van der Waals surface area contributed by atoms with Crippen LogP contribution in [0.25, 0.3) is 0 Å². The third-order valence-corrected chi connectivity index (χ3v) is 8.38. The predicted molar refractivity (Wildman–Crippen MR) is 140 cm³/mol. The number of likely N-dealkylation sites (tertiary alicyclic amines) is 1. The Morgan fingerprint density at radius 2 is 1.94 bits per heavy atom. The highest BCUT2D eigenvalue weighted by atomic mass is 16.3. The first-order valence-corrected chi connectivity index (χ1v) is 13.1. The van der Waals surface area contributed by atoms with Gasteiger partial charge in [-0.25, -0.2) is 0 Å². The Morgan fingerprint density at radius 1 is 1.19 bits per heavy atom. The highest BCUT2D eigenvalue weighted by Crippen LogP contribution is 2.54. The van der Waals surface area contributed by atoms with Crippen molar-refractivity contribution in [2.24, 2.45) is 23.7 Å². The van der Waals surface area contributed by atoms with Crippen molar-refractivity contribution in [3.63, 3.8) is 0 Å². The van der Waals surface area contributed by atoms with E-state index in [2.05, 4.69) is 58.5 Å². The topological polar surface area (TPSA) is 84.9 Å². The van der Waals surface area contributed by atoms with Crippen LogP contribution in [0.2, 0.25) is 0 Å². The standard InChI is InChI=1S/C29H38N4O3/c1-18(2)12-24-26-25-21(17-33(26)16-19-8-10-22(11-9-19)32(3)4)14-29(24,31-27(25)35)28(36)30-15-20-6-5-7-23(34)13-20/h5-11,13,18,21,24-26,34H,12,14-17H2,1-4H3,(H,30,36)(H,31,35)/t21-,24-,25-,26-,29+/m1/s1. The number of hydrogen-bond acceptors (Lipinski definition) is 5. The number of nitrogens with one attached hydrogen (secondary N) is 2. The minimum Gasteiger partial charge on any atom is -0.508 e. The zero-order valence-electron chi connectivity index (χ0n) is 21.7. The second kappa shape index (κ2) is 9.43. The summed E-state index contributed by atoms with van der Waals surface area (Å²) in [6.07, 6.45) is 1.56. The molecule has 3 aliphatic heterocycles. The summed E-state index contributed by atoms with van der Waals surface area (Å²) >= 11 is 0. The van der Waals surface area contributed by atoms with Gasteiger partial charge in [0.1, 0.15) is 11.3 Å². The summed E-state index contributed by atoms with van der Waals surface area (Å²) in [6.45, 7) is 6.33. The second-order valence-electron chi connectivity index (χ2n) is 11.5. The fraction of sp³-hybridized carbons (Fsp3) is 0.517. The van der Waals surface area contributed by atoms with Gasteiger partial charge in [-0.1, -0.05) is 38.1 Å². The van der Waals surface area contributed by atoms with E-state index in [1.807, 2.05) is 20.2 Å². The smallest absolute Gasteiger partial charge is 0.246 e. The summed E-state index contributed by atoms with van der Waals surface area (Å²) < 4.78 is 0. The number of piperidine rings is 2. The van der Waals surface area contributed by atoms with Crippen LogP contribution in [0.15, 0.2) is 48.5 Å². The van der Waals surface area contributed by atoms with E-state index in [9.17, 15) is 14.7 Å². The summed E-state index contributed by atoms with van der Waals surface area (Å²) in [5.41, 5.74) is 2.33. The third-order valence-electron chi connectivity index (χ3n) is 8.38. The second-order valence-corrected chi connectivity index (χ2v) is 11.5.